The Morgan fingerprint density at radius 1 is 1.48 bits per heavy atom. The van der Waals surface area contributed by atoms with Crippen molar-refractivity contribution in [2.45, 2.75) is 52.1 Å². The molecule has 21 heavy (non-hydrogen) atoms. The van der Waals surface area contributed by atoms with Gasteiger partial charge in [0.05, 0.1) is 12.7 Å². The Hall–Kier alpha value is -1.52. The molecule has 1 heterocycles. The van der Waals surface area contributed by atoms with Crippen LogP contribution in [0.4, 0.5) is 4.79 Å². The summed E-state index contributed by atoms with van der Waals surface area (Å²) >= 11 is 0. The molecule has 2 amide bonds. The van der Waals surface area contributed by atoms with E-state index in [2.05, 4.69) is 24.3 Å². The molecule has 1 saturated carbocycles. The Morgan fingerprint density at radius 3 is 2.81 bits per heavy atom. The summed E-state index contributed by atoms with van der Waals surface area (Å²) in [6.07, 6.45) is 8.61. The Morgan fingerprint density at radius 2 is 2.19 bits per heavy atom. The molecule has 0 spiro atoms. The van der Waals surface area contributed by atoms with Crippen LogP contribution in [0.2, 0.25) is 0 Å². The molecule has 0 saturated heterocycles. The van der Waals surface area contributed by atoms with Gasteiger partial charge in [0, 0.05) is 31.9 Å². The summed E-state index contributed by atoms with van der Waals surface area (Å²) in [7, 11) is 3.73. The molecule has 2 rings (SSSR count). The fourth-order valence-electron chi connectivity index (χ4n) is 3.30. The van der Waals surface area contributed by atoms with Gasteiger partial charge in [-0.3, -0.25) is 4.68 Å². The number of hydrogen-bond acceptors (Lipinski definition) is 2. The van der Waals surface area contributed by atoms with Crippen molar-refractivity contribution in [1.82, 2.24) is 20.0 Å². The fourth-order valence-corrected chi connectivity index (χ4v) is 3.30. The Bertz CT molecular complexity index is 469. The van der Waals surface area contributed by atoms with Crippen molar-refractivity contribution in [3.63, 3.8) is 0 Å². The van der Waals surface area contributed by atoms with Crippen LogP contribution >= 0.6 is 0 Å². The highest BCUT2D eigenvalue weighted by Gasteiger charge is 2.29. The molecule has 0 aliphatic heterocycles. The monoisotopic (exact) mass is 292 g/mol. The number of nitrogens with one attached hydrogen (secondary N) is 1. The molecule has 0 bridgehead atoms. The minimum atomic E-state index is 0.0244. The van der Waals surface area contributed by atoms with Crippen LogP contribution in [0.15, 0.2) is 12.4 Å². The Labute approximate surface area is 127 Å². The number of carbonyl (C=O) groups excluding carboxylic acids is 1. The number of carbonyl (C=O) groups is 1. The maximum absolute atomic E-state index is 12.4. The molecule has 0 aromatic carbocycles. The predicted molar refractivity (Wildman–Crippen MR) is 83.8 cm³/mol. The van der Waals surface area contributed by atoms with Crippen LogP contribution in [0, 0.1) is 11.8 Å². The first-order chi connectivity index (χ1) is 9.97. The van der Waals surface area contributed by atoms with Crippen molar-refractivity contribution >= 4 is 6.03 Å². The second kappa shape index (κ2) is 6.96. The number of urea groups is 1. The summed E-state index contributed by atoms with van der Waals surface area (Å²) in [6, 6.07) is 0.346. The molecular weight excluding hydrogens is 264 g/mol. The molecule has 118 valence electrons. The maximum atomic E-state index is 12.4. The van der Waals surface area contributed by atoms with E-state index in [1.807, 2.05) is 20.3 Å². The largest absolute Gasteiger partial charge is 0.335 e. The van der Waals surface area contributed by atoms with E-state index < -0.39 is 0 Å². The summed E-state index contributed by atoms with van der Waals surface area (Å²) in [5, 5.41) is 7.38. The maximum Gasteiger partial charge on any atom is 0.317 e. The van der Waals surface area contributed by atoms with E-state index in [-0.39, 0.29) is 6.03 Å². The van der Waals surface area contributed by atoms with Crippen molar-refractivity contribution < 1.29 is 4.79 Å². The minimum Gasteiger partial charge on any atom is -0.335 e. The second-order valence-electron chi connectivity index (χ2n) is 6.63. The van der Waals surface area contributed by atoms with Gasteiger partial charge < -0.3 is 10.2 Å². The molecule has 5 nitrogen and oxygen atoms in total. The first-order valence-electron chi connectivity index (χ1n) is 7.96. The Kier molecular flexibility index (Phi) is 5.26. The molecule has 1 aliphatic carbocycles. The van der Waals surface area contributed by atoms with Gasteiger partial charge in [0.25, 0.3) is 0 Å². The summed E-state index contributed by atoms with van der Waals surface area (Å²) in [5.41, 5.74) is 1.05. The second-order valence-corrected chi connectivity index (χ2v) is 6.63. The fraction of sp³-hybridized carbons (Fsp3) is 0.750. The first kappa shape index (κ1) is 15.9. The van der Waals surface area contributed by atoms with E-state index in [0.29, 0.717) is 24.4 Å². The van der Waals surface area contributed by atoms with Gasteiger partial charge in [-0.1, -0.05) is 26.7 Å². The lowest BCUT2D eigenvalue weighted by atomic mass is 9.78. The number of aromatic nitrogens is 2. The van der Waals surface area contributed by atoms with Crippen LogP contribution < -0.4 is 5.32 Å². The van der Waals surface area contributed by atoms with Gasteiger partial charge in [0.1, 0.15) is 0 Å². The predicted octanol–water partition coefficient (Wildman–Crippen LogP) is 2.78. The van der Waals surface area contributed by atoms with Gasteiger partial charge in [0.2, 0.25) is 0 Å². The van der Waals surface area contributed by atoms with E-state index in [4.69, 9.17) is 0 Å². The minimum absolute atomic E-state index is 0.0244. The molecule has 2 atom stereocenters. The third-order valence-corrected chi connectivity index (χ3v) is 4.51. The highest BCUT2D eigenvalue weighted by atomic mass is 16.2. The zero-order valence-electron chi connectivity index (χ0n) is 13.7. The first-order valence-corrected chi connectivity index (χ1v) is 7.96. The topological polar surface area (TPSA) is 50.2 Å². The number of hydrogen-bond donors (Lipinski definition) is 1. The van der Waals surface area contributed by atoms with Crippen LogP contribution in [0.5, 0.6) is 0 Å². The number of rotatable bonds is 4. The van der Waals surface area contributed by atoms with Crippen molar-refractivity contribution in [3.8, 4) is 0 Å². The van der Waals surface area contributed by atoms with Gasteiger partial charge in [0.15, 0.2) is 0 Å². The average Bonchev–Trinajstić information content (AvgIpc) is 2.84. The van der Waals surface area contributed by atoms with Crippen LogP contribution in [0.25, 0.3) is 0 Å². The molecule has 5 heteroatoms. The lowest BCUT2D eigenvalue weighted by molar-refractivity contribution is 0.173. The van der Waals surface area contributed by atoms with Crippen molar-refractivity contribution in [1.29, 1.82) is 0 Å². The molecule has 1 aromatic rings. The van der Waals surface area contributed by atoms with Crippen LogP contribution in [0.3, 0.4) is 0 Å². The van der Waals surface area contributed by atoms with Crippen molar-refractivity contribution in [2.75, 3.05) is 7.05 Å². The van der Waals surface area contributed by atoms with Gasteiger partial charge in [-0.25, -0.2) is 4.79 Å². The summed E-state index contributed by atoms with van der Waals surface area (Å²) in [5.74, 6) is 1.23. The van der Waals surface area contributed by atoms with Gasteiger partial charge in [-0.05, 0) is 24.7 Å². The van der Waals surface area contributed by atoms with E-state index in [9.17, 15) is 4.79 Å². The molecule has 1 N–H and O–H groups in total. The number of nitrogens with zero attached hydrogens (tertiary/aromatic N) is 3. The zero-order chi connectivity index (χ0) is 15.4. The van der Waals surface area contributed by atoms with E-state index in [0.717, 1.165) is 12.0 Å². The normalized spacial score (nSPS) is 22.3. The summed E-state index contributed by atoms with van der Waals surface area (Å²) in [4.78, 5) is 14.1. The SMILES string of the molecule is CC(C)[C@H]1CCCC[C@H]1NC(=O)N(C)Cc1cnn(C)c1. The molecule has 0 unspecified atom stereocenters. The quantitative estimate of drug-likeness (QED) is 0.927. The third-order valence-electron chi connectivity index (χ3n) is 4.51. The zero-order valence-corrected chi connectivity index (χ0v) is 13.7. The average molecular weight is 292 g/mol. The summed E-state index contributed by atoms with van der Waals surface area (Å²) < 4.78 is 1.76. The molecule has 0 radical (unpaired) electrons. The molecule has 1 fully saturated rings. The van der Waals surface area contributed by atoms with Crippen molar-refractivity contribution in [2.24, 2.45) is 18.9 Å². The van der Waals surface area contributed by atoms with Crippen LogP contribution in [-0.4, -0.2) is 33.8 Å². The number of amides is 2. The van der Waals surface area contributed by atoms with Gasteiger partial charge >= 0.3 is 6.03 Å². The highest BCUT2D eigenvalue weighted by Crippen LogP contribution is 2.30. The van der Waals surface area contributed by atoms with Crippen molar-refractivity contribution in [3.05, 3.63) is 18.0 Å². The Balaban J connectivity index is 1.90. The van der Waals surface area contributed by atoms with Gasteiger partial charge in [-0.15, -0.1) is 0 Å². The van der Waals surface area contributed by atoms with E-state index >= 15 is 0 Å². The molecular formula is C16H28N4O. The highest BCUT2D eigenvalue weighted by molar-refractivity contribution is 5.74. The lowest BCUT2D eigenvalue weighted by Crippen LogP contribution is -2.48. The van der Waals surface area contributed by atoms with Gasteiger partial charge in [-0.2, -0.15) is 5.10 Å². The van der Waals surface area contributed by atoms with E-state index in [1.165, 1.54) is 19.3 Å². The molecule has 1 aromatic heterocycles. The third kappa shape index (κ3) is 4.22. The summed E-state index contributed by atoms with van der Waals surface area (Å²) in [6.45, 7) is 5.11. The molecule has 1 aliphatic rings. The van der Waals surface area contributed by atoms with Crippen LogP contribution in [-0.2, 0) is 13.6 Å². The van der Waals surface area contributed by atoms with E-state index in [1.54, 1.807) is 15.8 Å². The smallest absolute Gasteiger partial charge is 0.317 e. The standard InChI is InChI=1S/C16H28N4O/c1-12(2)14-7-5-6-8-15(14)18-16(21)19(3)10-13-9-17-20(4)11-13/h9,11-12,14-15H,5-8,10H2,1-4H3,(H,18,21)/t14-,15-/m1/s1. The van der Waals surface area contributed by atoms with Crippen LogP contribution in [0.1, 0.15) is 45.1 Å². The lowest BCUT2D eigenvalue weighted by Gasteiger charge is -2.35. The number of aryl methyl sites for hydroxylation is 1.